The zero-order valence-electron chi connectivity index (χ0n) is 5.47. The lowest BCUT2D eigenvalue weighted by Crippen LogP contribution is -1.76. The quantitative estimate of drug-likeness (QED) is 0.373. The van der Waals surface area contributed by atoms with Gasteiger partial charge < -0.3 is 4.52 Å². The Morgan fingerprint density at radius 3 is 2.40 bits per heavy atom. The minimum absolute atomic E-state index is 0.945. The van der Waals surface area contributed by atoms with E-state index < -0.39 is 7.82 Å². The molecule has 0 aromatic heterocycles. The number of allylic oxidation sites excluding steroid dienone is 3. The van der Waals surface area contributed by atoms with Crippen LogP contribution in [-0.4, -0.2) is 9.79 Å². The van der Waals surface area contributed by atoms with Crippen molar-refractivity contribution in [2.75, 3.05) is 0 Å². The first kappa shape index (κ1) is 9.43. The minimum atomic E-state index is -4.33. The number of hydrogen-bond acceptors (Lipinski definition) is 2. The Balaban J connectivity index is 3.65. The molecule has 0 fully saturated rings. The van der Waals surface area contributed by atoms with E-state index in [1.54, 1.807) is 19.1 Å². The molecule has 0 unspecified atom stereocenters. The van der Waals surface area contributed by atoms with Crippen molar-refractivity contribution in [1.29, 1.82) is 0 Å². The van der Waals surface area contributed by atoms with Crippen LogP contribution in [0.4, 0.5) is 0 Å². The molecule has 0 bridgehead atoms. The summed E-state index contributed by atoms with van der Waals surface area (Å²) in [6.45, 7) is 1.78. The number of phosphoric ester groups is 1. The largest absolute Gasteiger partial charge is 0.524 e. The maximum atomic E-state index is 9.99. The third kappa shape index (κ3) is 7.43. The highest BCUT2D eigenvalue weighted by atomic mass is 31.2. The summed E-state index contributed by atoms with van der Waals surface area (Å²) in [6.07, 6.45) is 5.63. The Morgan fingerprint density at radius 2 is 2.00 bits per heavy atom. The van der Waals surface area contributed by atoms with E-state index in [-0.39, 0.29) is 0 Å². The van der Waals surface area contributed by atoms with Crippen LogP contribution in [0.3, 0.4) is 0 Å². The molecule has 0 saturated heterocycles. The Bertz CT molecular complexity index is 178. The van der Waals surface area contributed by atoms with Gasteiger partial charge in [0.05, 0.1) is 6.26 Å². The summed E-state index contributed by atoms with van der Waals surface area (Å²) in [5.41, 5.74) is 0. The van der Waals surface area contributed by atoms with Crippen molar-refractivity contribution in [3.8, 4) is 0 Å². The van der Waals surface area contributed by atoms with Crippen LogP contribution in [0.2, 0.25) is 0 Å². The number of rotatable bonds is 3. The Kier molecular flexibility index (Phi) is 4.03. The molecule has 58 valence electrons. The molecular formula is C5H9O4P. The molecule has 0 atom stereocenters. The van der Waals surface area contributed by atoms with Crippen molar-refractivity contribution < 1.29 is 18.9 Å². The molecule has 0 aromatic rings. The fourth-order valence-electron chi connectivity index (χ4n) is 0.271. The molecule has 0 rings (SSSR count). The molecule has 0 aliphatic carbocycles. The lowest BCUT2D eigenvalue weighted by Gasteiger charge is -1.98. The average Bonchev–Trinajstić information content (AvgIpc) is 1.78. The Labute approximate surface area is 59.1 Å². The molecule has 0 radical (unpaired) electrons. The maximum absolute atomic E-state index is 9.99. The van der Waals surface area contributed by atoms with Gasteiger partial charge in [0.15, 0.2) is 0 Å². The van der Waals surface area contributed by atoms with Crippen molar-refractivity contribution in [3.63, 3.8) is 0 Å². The lowest BCUT2D eigenvalue weighted by molar-refractivity contribution is 0.258. The van der Waals surface area contributed by atoms with Crippen molar-refractivity contribution >= 4 is 7.82 Å². The van der Waals surface area contributed by atoms with E-state index in [1.165, 1.54) is 6.08 Å². The van der Waals surface area contributed by atoms with Crippen molar-refractivity contribution in [3.05, 3.63) is 24.5 Å². The maximum Gasteiger partial charge on any atom is 0.524 e. The highest BCUT2D eigenvalue weighted by Crippen LogP contribution is 2.35. The van der Waals surface area contributed by atoms with Gasteiger partial charge >= 0.3 is 7.82 Å². The van der Waals surface area contributed by atoms with Crippen molar-refractivity contribution in [1.82, 2.24) is 0 Å². The second-order valence-corrected chi connectivity index (χ2v) is 2.64. The first-order valence-electron chi connectivity index (χ1n) is 2.58. The van der Waals surface area contributed by atoms with Crippen LogP contribution in [0, 0.1) is 0 Å². The van der Waals surface area contributed by atoms with Gasteiger partial charge in [-0.1, -0.05) is 12.2 Å². The zero-order chi connectivity index (χ0) is 8.04. The third-order valence-corrected chi connectivity index (χ3v) is 0.977. The summed E-state index contributed by atoms with van der Waals surface area (Å²) in [5.74, 6) is 0. The highest BCUT2D eigenvalue weighted by Gasteiger charge is 2.10. The SMILES string of the molecule is CC=CC=COP(=O)(O)O. The topological polar surface area (TPSA) is 66.8 Å². The van der Waals surface area contributed by atoms with Gasteiger partial charge in [-0.3, -0.25) is 9.79 Å². The molecule has 0 saturated carbocycles. The normalized spacial score (nSPS) is 13.1. The van der Waals surface area contributed by atoms with E-state index in [4.69, 9.17) is 9.79 Å². The predicted molar refractivity (Wildman–Crippen MR) is 37.1 cm³/mol. The first-order chi connectivity index (χ1) is 4.56. The van der Waals surface area contributed by atoms with E-state index >= 15 is 0 Å². The molecule has 2 N–H and O–H groups in total. The number of phosphoric acid groups is 1. The standard InChI is InChI=1S/C5H9O4P/c1-2-3-4-5-9-10(6,7)8/h2-5H,1H3,(H2,6,7,8). The van der Waals surface area contributed by atoms with Crippen molar-refractivity contribution in [2.24, 2.45) is 0 Å². The molecule has 0 heterocycles. The summed E-state index contributed by atoms with van der Waals surface area (Å²) < 4.78 is 14.0. The molecule has 5 heteroatoms. The molecule has 0 aliphatic heterocycles. The van der Waals surface area contributed by atoms with Crippen LogP contribution in [0.25, 0.3) is 0 Å². The Hall–Kier alpha value is -0.570. The van der Waals surface area contributed by atoms with E-state index in [0.29, 0.717) is 0 Å². The van der Waals surface area contributed by atoms with E-state index in [1.807, 2.05) is 0 Å². The average molecular weight is 164 g/mol. The predicted octanol–water partition coefficient (Wildman–Crippen LogP) is 1.19. The number of hydrogen-bond donors (Lipinski definition) is 2. The summed E-state index contributed by atoms with van der Waals surface area (Å²) in [5, 5.41) is 0. The summed E-state index contributed by atoms with van der Waals surface area (Å²) in [4.78, 5) is 16.3. The van der Waals surface area contributed by atoms with E-state index in [9.17, 15) is 4.57 Å². The molecule has 0 aliphatic rings. The van der Waals surface area contributed by atoms with Crippen LogP contribution in [0.15, 0.2) is 24.5 Å². The minimum Gasteiger partial charge on any atom is -0.412 e. The first-order valence-corrected chi connectivity index (χ1v) is 4.11. The van der Waals surface area contributed by atoms with Gasteiger partial charge in [0.1, 0.15) is 0 Å². The molecule has 0 amide bonds. The van der Waals surface area contributed by atoms with Gasteiger partial charge in [-0.15, -0.1) is 0 Å². The molecule has 0 aromatic carbocycles. The van der Waals surface area contributed by atoms with Gasteiger partial charge in [0.2, 0.25) is 0 Å². The fourth-order valence-corrected chi connectivity index (χ4v) is 0.500. The third-order valence-electron chi connectivity index (χ3n) is 0.580. The summed E-state index contributed by atoms with van der Waals surface area (Å²) in [7, 11) is -4.33. The molecular weight excluding hydrogens is 155 g/mol. The van der Waals surface area contributed by atoms with Crippen LogP contribution in [0.5, 0.6) is 0 Å². The van der Waals surface area contributed by atoms with Crippen LogP contribution >= 0.6 is 7.82 Å². The summed E-state index contributed by atoms with van der Waals surface area (Å²) >= 11 is 0. The monoisotopic (exact) mass is 164 g/mol. The summed E-state index contributed by atoms with van der Waals surface area (Å²) in [6, 6.07) is 0. The van der Waals surface area contributed by atoms with Gasteiger partial charge in [-0.25, -0.2) is 4.57 Å². The van der Waals surface area contributed by atoms with Crippen LogP contribution in [-0.2, 0) is 9.09 Å². The van der Waals surface area contributed by atoms with E-state index in [0.717, 1.165) is 6.26 Å². The smallest absolute Gasteiger partial charge is 0.412 e. The van der Waals surface area contributed by atoms with Crippen LogP contribution in [0.1, 0.15) is 6.92 Å². The van der Waals surface area contributed by atoms with E-state index in [2.05, 4.69) is 4.52 Å². The van der Waals surface area contributed by atoms with Gasteiger partial charge in [-0.2, -0.15) is 0 Å². The molecule has 0 spiro atoms. The van der Waals surface area contributed by atoms with Crippen LogP contribution < -0.4 is 0 Å². The molecule has 4 nitrogen and oxygen atoms in total. The van der Waals surface area contributed by atoms with Gasteiger partial charge in [0.25, 0.3) is 0 Å². The second-order valence-electron chi connectivity index (χ2n) is 1.45. The zero-order valence-corrected chi connectivity index (χ0v) is 6.36. The highest BCUT2D eigenvalue weighted by molar-refractivity contribution is 7.46. The Morgan fingerprint density at radius 1 is 1.40 bits per heavy atom. The fraction of sp³-hybridized carbons (Fsp3) is 0.200. The molecule has 10 heavy (non-hydrogen) atoms. The lowest BCUT2D eigenvalue weighted by atomic mass is 10.5. The van der Waals surface area contributed by atoms with Gasteiger partial charge in [-0.05, 0) is 13.0 Å². The van der Waals surface area contributed by atoms with Gasteiger partial charge in [0, 0.05) is 0 Å². The second kappa shape index (κ2) is 4.28. The van der Waals surface area contributed by atoms with Crippen molar-refractivity contribution in [2.45, 2.75) is 6.92 Å².